The molecule has 1 aromatic heterocycles. The Morgan fingerprint density at radius 1 is 1.22 bits per heavy atom. The number of aryl methyl sites for hydroxylation is 1. The van der Waals surface area contributed by atoms with E-state index in [0.717, 1.165) is 21.3 Å². The minimum atomic E-state index is 0.447. The topological polar surface area (TPSA) is 35.0 Å². The van der Waals surface area contributed by atoms with E-state index in [4.69, 9.17) is 16.3 Å². The van der Waals surface area contributed by atoms with Crippen molar-refractivity contribution in [2.75, 3.05) is 0 Å². The van der Waals surface area contributed by atoms with Crippen molar-refractivity contribution in [2.24, 2.45) is 0 Å². The van der Waals surface area contributed by atoms with Crippen molar-refractivity contribution >= 4 is 34.2 Å². The molecule has 18 heavy (non-hydrogen) atoms. The average Bonchev–Trinajstić information content (AvgIpc) is 2.37. The lowest BCUT2D eigenvalue weighted by atomic mass is 10.3. The van der Waals surface area contributed by atoms with Crippen LogP contribution in [-0.2, 0) is 6.42 Å². The summed E-state index contributed by atoms with van der Waals surface area (Å²) in [7, 11) is 0. The molecule has 0 fully saturated rings. The molecule has 0 amide bonds. The van der Waals surface area contributed by atoms with Crippen molar-refractivity contribution in [3.8, 4) is 11.6 Å². The Labute approximate surface area is 125 Å². The third-order valence-corrected chi connectivity index (χ3v) is 3.52. The zero-order valence-corrected chi connectivity index (χ0v) is 13.0. The quantitative estimate of drug-likeness (QED) is 0.590. The molecule has 0 bridgehead atoms. The molecule has 2 rings (SSSR count). The van der Waals surface area contributed by atoms with Crippen LogP contribution in [0.1, 0.15) is 18.3 Å². The van der Waals surface area contributed by atoms with Crippen LogP contribution >= 0.6 is 34.2 Å². The molecule has 0 N–H and O–H groups in total. The third kappa shape index (κ3) is 3.11. The van der Waals surface area contributed by atoms with Crippen LogP contribution in [0.3, 0.4) is 0 Å². The highest BCUT2D eigenvalue weighted by molar-refractivity contribution is 14.1. The lowest BCUT2D eigenvalue weighted by Gasteiger charge is -2.09. The molecule has 0 atom stereocenters. The molecule has 0 spiro atoms. The van der Waals surface area contributed by atoms with Crippen molar-refractivity contribution in [3.05, 3.63) is 44.4 Å². The Morgan fingerprint density at radius 2 is 1.89 bits per heavy atom. The summed E-state index contributed by atoms with van der Waals surface area (Å²) < 4.78 is 6.91. The molecular weight excluding hydrogens is 363 g/mol. The minimum Gasteiger partial charge on any atom is -0.439 e. The fraction of sp³-hybridized carbons (Fsp3) is 0.231. The largest absolute Gasteiger partial charge is 0.439 e. The second kappa shape index (κ2) is 5.84. The van der Waals surface area contributed by atoms with Gasteiger partial charge in [0.05, 0.1) is 0 Å². The molecule has 5 heteroatoms. The van der Waals surface area contributed by atoms with Crippen molar-refractivity contribution < 1.29 is 4.74 Å². The molecule has 0 aliphatic heterocycles. The van der Waals surface area contributed by atoms with Crippen LogP contribution in [0.25, 0.3) is 0 Å². The van der Waals surface area contributed by atoms with Gasteiger partial charge in [-0.1, -0.05) is 18.5 Å². The summed E-state index contributed by atoms with van der Waals surface area (Å²) in [6, 6.07) is 7.77. The van der Waals surface area contributed by atoms with Crippen molar-refractivity contribution in [2.45, 2.75) is 20.3 Å². The Morgan fingerprint density at radius 3 is 2.50 bits per heavy atom. The molecule has 0 saturated carbocycles. The van der Waals surface area contributed by atoms with Crippen molar-refractivity contribution in [3.63, 3.8) is 0 Å². The second-order valence-electron chi connectivity index (χ2n) is 3.77. The summed E-state index contributed by atoms with van der Waals surface area (Å²) >= 11 is 8.31. The van der Waals surface area contributed by atoms with Gasteiger partial charge in [-0.25, -0.2) is 4.98 Å². The predicted molar refractivity (Wildman–Crippen MR) is 80.4 cm³/mol. The van der Waals surface area contributed by atoms with Crippen LogP contribution in [0.2, 0.25) is 5.15 Å². The first kappa shape index (κ1) is 13.5. The first-order valence-electron chi connectivity index (χ1n) is 5.56. The van der Waals surface area contributed by atoms with E-state index in [9.17, 15) is 0 Å². The summed E-state index contributed by atoms with van der Waals surface area (Å²) in [5.41, 5.74) is 0.757. The molecule has 2 aromatic rings. The van der Waals surface area contributed by atoms with Gasteiger partial charge in [-0.05, 0) is 53.8 Å². The molecule has 1 heterocycles. The van der Waals surface area contributed by atoms with Crippen LogP contribution in [0.5, 0.6) is 11.6 Å². The van der Waals surface area contributed by atoms with E-state index in [-0.39, 0.29) is 0 Å². The lowest BCUT2D eigenvalue weighted by molar-refractivity contribution is 0.454. The van der Waals surface area contributed by atoms with Gasteiger partial charge in [-0.15, -0.1) is 0 Å². The molecular formula is C13H12ClIN2O. The van der Waals surface area contributed by atoms with Crippen LogP contribution < -0.4 is 4.74 Å². The second-order valence-corrected chi connectivity index (χ2v) is 5.37. The van der Waals surface area contributed by atoms with Gasteiger partial charge in [0.25, 0.3) is 0 Å². The average molecular weight is 375 g/mol. The van der Waals surface area contributed by atoms with E-state index in [2.05, 4.69) is 32.6 Å². The van der Waals surface area contributed by atoms with Gasteiger partial charge < -0.3 is 4.74 Å². The number of halogens is 2. The molecule has 3 nitrogen and oxygen atoms in total. The molecule has 0 radical (unpaired) electrons. The van der Waals surface area contributed by atoms with Crippen molar-refractivity contribution in [1.29, 1.82) is 0 Å². The van der Waals surface area contributed by atoms with Crippen LogP contribution in [0.15, 0.2) is 24.3 Å². The first-order valence-corrected chi connectivity index (χ1v) is 7.02. The fourth-order valence-corrected chi connectivity index (χ4v) is 1.92. The number of ether oxygens (including phenoxy) is 1. The third-order valence-electron chi connectivity index (χ3n) is 2.43. The Hall–Kier alpha value is -0.880. The monoisotopic (exact) mass is 374 g/mol. The number of benzene rings is 1. The van der Waals surface area contributed by atoms with E-state index in [0.29, 0.717) is 16.9 Å². The number of aromatic nitrogens is 2. The first-order chi connectivity index (χ1) is 8.60. The van der Waals surface area contributed by atoms with E-state index in [1.165, 1.54) is 0 Å². The van der Waals surface area contributed by atoms with Gasteiger partial charge >= 0.3 is 0 Å². The van der Waals surface area contributed by atoms with Gasteiger partial charge in [0.1, 0.15) is 16.7 Å². The molecule has 0 saturated heterocycles. The molecule has 0 aliphatic rings. The van der Waals surface area contributed by atoms with Gasteiger partial charge in [0.2, 0.25) is 5.88 Å². The van der Waals surface area contributed by atoms with Gasteiger partial charge in [0, 0.05) is 15.6 Å². The van der Waals surface area contributed by atoms with E-state index in [1.54, 1.807) is 0 Å². The van der Waals surface area contributed by atoms with E-state index in [1.807, 2.05) is 38.1 Å². The summed E-state index contributed by atoms with van der Waals surface area (Å²) in [6.45, 7) is 3.83. The summed E-state index contributed by atoms with van der Waals surface area (Å²) in [4.78, 5) is 8.53. The SMILES string of the molecule is CCc1nc(Cl)c(C)c(Oc2ccc(I)cc2)n1. The fourth-order valence-electron chi connectivity index (χ4n) is 1.38. The maximum absolute atomic E-state index is 6.06. The van der Waals surface area contributed by atoms with E-state index < -0.39 is 0 Å². The summed E-state index contributed by atoms with van der Waals surface area (Å²) in [5.74, 6) is 1.95. The number of hydrogen-bond acceptors (Lipinski definition) is 3. The van der Waals surface area contributed by atoms with Gasteiger partial charge in [-0.3, -0.25) is 0 Å². The van der Waals surface area contributed by atoms with Crippen LogP contribution in [0.4, 0.5) is 0 Å². The highest BCUT2D eigenvalue weighted by Crippen LogP contribution is 2.27. The Balaban J connectivity index is 2.33. The highest BCUT2D eigenvalue weighted by atomic mass is 127. The molecule has 0 aliphatic carbocycles. The number of nitrogens with zero attached hydrogens (tertiary/aromatic N) is 2. The summed E-state index contributed by atoms with van der Waals surface area (Å²) in [5, 5.41) is 0.447. The molecule has 0 unspecified atom stereocenters. The van der Waals surface area contributed by atoms with Crippen LogP contribution in [-0.4, -0.2) is 9.97 Å². The minimum absolute atomic E-state index is 0.447. The maximum Gasteiger partial charge on any atom is 0.226 e. The van der Waals surface area contributed by atoms with Gasteiger partial charge in [0.15, 0.2) is 0 Å². The zero-order valence-electron chi connectivity index (χ0n) is 10.1. The lowest BCUT2D eigenvalue weighted by Crippen LogP contribution is -2.00. The molecule has 1 aromatic carbocycles. The maximum atomic E-state index is 6.06. The highest BCUT2D eigenvalue weighted by Gasteiger charge is 2.10. The predicted octanol–water partition coefficient (Wildman–Crippen LogP) is 4.40. The number of rotatable bonds is 3. The van der Waals surface area contributed by atoms with E-state index >= 15 is 0 Å². The zero-order chi connectivity index (χ0) is 13.1. The van der Waals surface area contributed by atoms with Crippen LogP contribution in [0, 0.1) is 10.5 Å². The summed E-state index contributed by atoms with van der Waals surface area (Å²) in [6.07, 6.45) is 0.725. The van der Waals surface area contributed by atoms with Crippen molar-refractivity contribution in [1.82, 2.24) is 9.97 Å². The Bertz CT molecular complexity index is 558. The molecule has 94 valence electrons. The standard InChI is InChI=1S/C13H12ClIN2O/c1-3-11-16-12(14)8(2)13(17-11)18-10-6-4-9(15)5-7-10/h4-7H,3H2,1-2H3. The normalized spacial score (nSPS) is 10.4. The van der Waals surface area contributed by atoms with Gasteiger partial charge in [-0.2, -0.15) is 4.98 Å². The number of hydrogen-bond donors (Lipinski definition) is 0. The smallest absolute Gasteiger partial charge is 0.226 e. The Kier molecular flexibility index (Phi) is 4.40.